The van der Waals surface area contributed by atoms with Gasteiger partial charge in [-0.3, -0.25) is 4.68 Å². The van der Waals surface area contributed by atoms with Gasteiger partial charge in [0.25, 0.3) is 0 Å². The number of aryl methyl sites for hydroxylation is 1. The van der Waals surface area contributed by atoms with Crippen molar-refractivity contribution in [1.29, 1.82) is 0 Å². The van der Waals surface area contributed by atoms with Gasteiger partial charge in [0.2, 0.25) is 0 Å². The summed E-state index contributed by atoms with van der Waals surface area (Å²) in [5.41, 5.74) is 8.56. The molecule has 0 aliphatic rings. The molecule has 17 heavy (non-hydrogen) atoms. The first-order chi connectivity index (χ1) is 8.13. The highest BCUT2D eigenvalue weighted by Crippen LogP contribution is 2.28. The quantitative estimate of drug-likeness (QED) is 0.885. The Morgan fingerprint density at radius 2 is 2.18 bits per heavy atom. The van der Waals surface area contributed by atoms with Crippen molar-refractivity contribution in [2.24, 2.45) is 5.73 Å². The van der Waals surface area contributed by atoms with Gasteiger partial charge in [0, 0.05) is 24.3 Å². The molecule has 0 fully saturated rings. The number of aromatic nitrogens is 2. The molecule has 1 heterocycles. The predicted octanol–water partition coefficient (Wildman–Crippen LogP) is 2.73. The third kappa shape index (κ3) is 2.22. The molecule has 4 heteroatoms. The van der Waals surface area contributed by atoms with Crippen LogP contribution in [0.4, 0.5) is 4.39 Å². The molecule has 0 saturated heterocycles. The normalized spacial score (nSPS) is 12.7. The maximum Gasteiger partial charge on any atom is 0.123 e. The highest BCUT2D eigenvalue weighted by atomic mass is 19.1. The van der Waals surface area contributed by atoms with Crippen LogP contribution in [0.15, 0.2) is 30.5 Å². The zero-order chi connectivity index (χ0) is 12.4. The molecule has 1 aromatic carbocycles. The van der Waals surface area contributed by atoms with Crippen molar-refractivity contribution in [3.8, 4) is 11.3 Å². The topological polar surface area (TPSA) is 43.8 Å². The molecule has 90 valence electrons. The second-order valence-electron chi connectivity index (χ2n) is 4.05. The van der Waals surface area contributed by atoms with Crippen LogP contribution in [0.1, 0.15) is 25.5 Å². The van der Waals surface area contributed by atoms with E-state index in [1.54, 1.807) is 12.3 Å². The Morgan fingerprint density at radius 1 is 1.41 bits per heavy atom. The molecule has 1 aromatic heterocycles. The smallest absolute Gasteiger partial charge is 0.123 e. The van der Waals surface area contributed by atoms with Gasteiger partial charge < -0.3 is 5.73 Å². The Bertz CT molecular complexity index is 517. The minimum atomic E-state index is -0.256. The number of hydrogen-bond acceptors (Lipinski definition) is 2. The van der Waals surface area contributed by atoms with Crippen molar-refractivity contribution in [2.45, 2.75) is 26.4 Å². The lowest BCUT2D eigenvalue weighted by Crippen LogP contribution is -2.09. The summed E-state index contributed by atoms with van der Waals surface area (Å²) in [5.74, 6) is -0.256. The molecule has 2 rings (SSSR count). The Labute approximate surface area is 100 Å². The number of rotatable bonds is 3. The fraction of sp³-hybridized carbons (Fsp3) is 0.308. The largest absolute Gasteiger partial charge is 0.324 e. The van der Waals surface area contributed by atoms with Crippen LogP contribution < -0.4 is 5.73 Å². The van der Waals surface area contributed by atoms with Crippen LogP contribution in [0.2, 0.25) is 0 Å². The third-order valence-corrected chi connectivity index (χ3v) is 2.80. The van der Waals surface area contributed by atoms with Gasteiger partial charge in [0.05, 0.1) is 5.69 Å². The van der Waals surface area contributed by atoms with E-state index in [9.17, 15) is 4.39 Å². The van der Waals surface area contributed by atoms with Gasteiger partial charge in [-0.05, 0) is 37.6 Å². The first-order valence-corrected chi connectivity index (χ1v) is 5.70. The van der Waals surface area contributed by atoms with Gasteiger partial charge in [-0.25, -0.2) is 4.39 Å². The molecule has 1 unspecified atom stereocenters. The lowest BCUT2D eigenvalue weighted by molar-refractivity contribution is 0.624. The van der Waals surface area contributed by atoms with Crippen molar-refractivity contribution in [2.75, 3.05) is 0 Å². The summed E-state index contributed by atoms with van der Waals surface area (Å²) < 4.78 is 15.2. The number of nitrogens with two attached hydrogens (primary N) is 1. The second kappa shape index (κ2) is 4.67. The monoisotopic (exact) mass is 233 g/mol. The van der Waals surface area contributed by atoms with E-state index in [-0.39, 0.29) is 11.9 Å². The van der Waals surface area contributed by atoms with Crippen LogP contribution in [0, 0.1) is 5.82 Å². The Morgan fingerprint density at radius 3 is 2.82 bits per heavy atom. The zero-order valence-corrected chi connectivity index (χ0v) is 10.0. The SMILES string of the molecule is CCn1nccc1-c1cc(F)ccc1C(C)N. The second-order valence-corrected chi connectivity index (χ2v) is 4.05. The van der Waals surface area contributed by atoms with E-state index < -0.39 is 0 Å². The van der Waals surface area contributed by atoms with Crippen molar-refractivity contribution in [1.82, 2.24) is 9.78 Å². The third-order valence-electron chi connectivity index (χ3n) is 2.80. The molecular formula is C13H16FN3. The molecule has 2 N–H and O–H groups in total. The number of halogens is 1. The van der Waals surface area contributed by atoms with Gasteiger partial charge in [-0.1, -0.05) is 6.07 Å². The van der Waals surface area contributed by atoms with Crippen molar-refractivity contribution >= 4 is 0 Å². The van der Waals surface area contributed by atoms with E-state index in [0.717, 1.165) is 23.4 Å². The zero-order valence-electron chi connectivity index (χ0n) is 10.0. The summed E-state index contributed by atoms with van der Waals surface area (Å²) in [6, 6.07) is 6.44. The van der Waals surface area contributed by atoms with Crippen LogP contribution in [0.3, 0.4) is 0 Å². The van der Waals surface area contributed by atoms with Crippen LogP contribution in [-0.2, 0) is 6.54 Å². The molecule has 0 radical (unpaired) electrons. The van der Waals surface area contributed by atoms with Crippen molar-refractivity contribution in [3.63, 3.8) is 0 Å². The van der Waals surface area contributed by atoms with Crippen molar-refractivity contribution < 1.29 is 4.39 Å². The van der Waals surface area contributed by atoms with Gasteiger partial charge >= 0.3 is 0 Å². The Balaban J connectivity index is 2.61. The molecule has 3 nitrogen and oxygen atoms in total. The van der Waals surface area contributed by atoms with E-state index >= 15 is 0 Å². The molecular weight excluding hydrogens is 217 g/mol. The summed E-state index contributed by atoms with van der Waals surface area (Å²) in [4.78, 5) is 0. The van der Waals surface area contributed by atoms with Crippen LogP contribution in [0.25, 0.3) is 11.3 Å². The van der Waals surface area contributed by atoms with E-state index in [4.69, 9.17) is 5.73 Å². The fourth-order valence-corrected chi connectivity index (χ4v) is 1.96. The Hall–Kier alpha value is -1.68. The summed E-state index contributed by atoms with van der Waals surface area (Å²) in [5, 5.41) is 4.19. The number of hydrogen-bond donors (Lipinski definition) is 1. The molecule has 0 bridgehead atoms. The molecule has 0 spiro atoms. The van der Waals surface area contributed by atoms with Gasteiger partial charge in [0.15, 0.2) is 0 Å². The van der Waals surface area contributed by atoms with Gasteiger partial charge in [0.1, 0.15) is 5.82 Å². The molecule has 1 atom stereocenters. The van der Waals surface area contributed by atoms with Crippen LogP contribution in [0.5, 0.6) is 0 Å². The maximum atomic E-state index is 13.4. The predicted molar refractivity (Wildman–Crippen MR) is 65.9 cm³/mol. The summed E-state index contributed by atoms with van der Waals surface area (Å²) >= 11 is 0. The minimum absolute atomic E-state index is 0.134. The fourth-order valence-electron chi connectivity index (χ4n) is 1.96. The summed E-state index contributed by atoms with van der Waals surface area (Å²) in [6.45, 7) is 4.64. The van der Waals surface area contributed by atoms with Crippen LogP contribution >= 0.6 is 0 Å². The van der Waals surface area contributed by atoms with E-state index in [1.165, 1.54) is 12.1 Å². The average Bonchev–Trinajstić information content (AvgIpc) is 2.76. The number of benzene rings is 1. The van der Waals surface area contributed by atoms with E-state index in [2.05, 4.69) is 5.10 Å². The first kappa shape index (κ1) is 11.8. The highest BCUT2D eigenvalue weighted by molar-refractivity contribution is 5.64. The molecule has 0 amide bonds. The van der Waals surface area contributed by atoms with Crippen molar-refractivity contribution in [3.05, 3.63) is 41.8 Å². The number of nitrogens with zero attached hydrogens (tertiary/aromatic N) is 2. The highest BCUT2D eigenvalue weighted by Gasteiger charge is 2.13. The lowest BCUT2D eigenvalue weighted by Gasteiger charge is -2.13. The van der Waals surface area contributed by atoms with E-state index in [0.29, 0.717) is 0 Å². The summed E-state index contributed by atoms with van der Waals surface area (Å²) in [7, 11) is 0. The lowest BCUT2D eigenvalue weighted by atomic mass is 9.99. The van der Waals surface area contributed by atoms with Crippen LogP contribution in [-0.4, -0.2) is 9.78 Å². The molecule has 0 saturated carbocycles. The summed E-state index contributed by atoms with van der Waals surface area (Å²) in [6.07, 6.45) is 1.72. The average molecular weight is 233 g/mol. The van der Waals surface area contributed by atoms with Gasteiger partial charge in [-0.2, -0.15) is 5.10 Å². The minimum Gasteiger partial charge on any atom is -0.324 e. The van der Waals surface area contributed by atoms with E-state index in [1.807, 2.05) is 24.6 Å². The van der Waals surface area contributed by atoms with Gasteiger partial charge in [-0.15, -0.1) is 0 Å². The Kier molecular flexibility index (Phi) is 3.24. The first-order valence-electron chi connectivity index (χ1n) is 5.70. The molecule has 2 aromatic rings. The maximum absolute atomic E-state index is 13.4. The standard InChI is InChI=1S/C13H16FN3/c1-3-17-13(6-7-16-17)12-8-10(14)4-5-11(12)9(2)15/h4-9H,3,15H2,1-2H3. The molecule has 0 aliphatic carbocycles. The molecule has 0 aliphatic heterocycles.